The van der Waals surface area contributed by atoms with Crippen LogP contribution < -0.4 is 15.0 Å². The van der Waals surface area contributed by atoms with Crippen LogP contribution in [0.2, 0.25) is 10.0 Å². The summed E-state index contributed by atoms with van der Waals surface area (Å²) < 4.78 is 64.0. The maximum absolute atomic E-state index is 14.3. The topological polar surface area (TPSA) is 240 Å². The minimum atomic E-state index is -4.10. The number of ether oxygens (including phenoxy) is 2. The number of rotatable bonds is 11. The van der Waals surface area contributed by atoms with Gasteiger partial charge in [-0.15, -0.1) is 0 Å². The van der Waals surface area contributed by atoms with Crippen LogP contribution in [0.3, 0.4) is 0 Å². The number of amides is 2. The Morgan fingerprint density at radius 3 is 2.27 bits per heavy atom. The van der Waals surface area contributed by atoms with Crippen molar-refractivity contribution >= 4 is 70.1 Å². The minimum Gasteiger partial charge on any atom is -0.489 e. The number of carboxylic acids is 1. The van der Waals surface area contributed by atoms with Crippen LogP contribution in [-0.4, -0.2) is 77.4 Å². The van der Waals surface area contributed by atoms with Crippen molar-refractivity contribution in [1.82, 2.24) is 10.5 Å². The molecule has 1 saturated heterocycles. The number of carbonyl (C=O) groups is 4. The van der Waals surface area contributed by atoms with E-state index in [2.05, 4.69) is 10.5 Å². The van der Waals surface area contributed by atoms with Crippen molar-refractivity contribution in [1.29, 1.82) is 0 Å². The van der Waals surface area contributed by atoms with E-state index in [4.69, 9.17) is 52.1 Å². The lowest BCUT2D eigenvalue weighted by Crippen LogP contribution is -2.29. The molecular formula is C34H37Cl2FN3O13PS. The summed E-state index contributed by atoms with van der Waals surface area (Å²) in [5.74, 6) is -2.13. The molecule has 3 aromatic rings. The highest BCUT2D eigenvalue weighted by Crippen LogP contribution is 2.42. The van der Waals surface area contributed by atoms with Crippen molar-refractivity contribution in [3.8, 4) is 5.75 Å². The number of halogens is 3. The number of benzene rings is 2. The average Bonchev–Trinajstić information content (AvgIpc) is 3.42. The summed E-state index contributed by atoms with van der Waals surface area (Å²) in [7, 11) is -7.66. The third-order valence-corrected chi connectivity index (χ3v) is 10.3. The Kier molecular flexibility index (Phi) is 14.4. The standard InChI is InChI=1S/C17H17ClFNO4.C14H12ClNO4S.C3H8NO5P/c1-9(2)15-16(21)20(17(22)24-15)13-8-14(11(18)7-12(13)19)23-10-5-3-4-6-10;1-21(18,19)12-6-9(15)4-5-10(12)13(17)11-7-16-20-14(11)8-2-3-8;5-3(6)1-4-2-10(7,8)9/h7-8,10H,3-6H2,1-2H3;4-8H,2-3H2,1H3;4H,1-2H2,(H,5,6)(H2,7,8,9). The Morgan fingerprint density at radius 2 is 1.73 bits per heavy atom. The van der Waals surface area contributed by atoms with Crippen LogP contribution in [-0.2, 0) is 28.7 Å². The number of aromatic nitrogens is 1. The Hall–Kier alpha value is -4.16. The molecule has 2 aliphatic carbocycles. The Morgan fingerprint density at radius 1 is 1.07 bits per heavy atom. The van der Waals surface area contributed by atoms with E-state index >= 15 is 0 Å². The van der Waals surface area contributed by atoms with E-state index in [1.165, 1.54) is 30.5 Å². The molecular weight excluding hydrogens is 811 g/mol. The molecule has 55 heavy (non-hydrogen) atoms. The number of cyclic esters (lactones) is 1. The fraction of sp³-hybridized carbons (Fsp3) is 0.382. The number of nitrogens with one attached hydrogen (secondary N) is 1. The van der Waals surface area contributed by atoms with Gasteiger partial charge in [-0.1, -0.05) is 28.4 Å². The van der Waals surface area contributed by atoms with Gasteiger partial charge in [0, 0.05) is 28.8 Å². The number of carboxylic acid groups (broad SMARTS) is 1. The SMILES string of the molecule is CC(C)=C1OC(=O)N(c2cc(OC3CCCC3)c(Cl)cc2F)C1=O.CS(=O)(=O)c1cc(Cl)ccc1C(=O)c1cnoc1C1CC1.O=C(O)CNCP(=O)(O)O. The van der Waals surface area contributed by atoms with Crippen LogP contribution in [0, 0.1) is 5.82 Å². The van der Waals surface area contributed by atoms with E-state index < -0.39 is 59.8 Å². The molecule has 2 aromatic carbocycles. The molecule has 1 aliphatic heterocycles. The molecule has 0 bridgehead atoms. The van der Waals surface area contributed by atoms with Crippen molar-refractivity contribution in [3.05, 3.63) is 80.6 Å². The third kappa shape index (κ3) is 11.9. The highest BCUT2D eigenvalue weighted by atomic mass is 35.5. The van der Waals surface area contributed by atoms with Crippen molar-refractivity contribution in [2.75, 3.05) is 24.0 Å². The molecule has 0 atom stereocenters. The molecule has 16 nitrogen and oxygen atoms in total. The quantitative estimate of drug-likeness (QED) is 0.0952. The second-order valence-electron chi connectivity index (χ2n) is 12.9. The average molecular weight is 849 g/mol. The van der Waals surface area contributed by atoms with Gasteiger partial charge in [0.1, 0.15) is 11.6 Å². The molecule has 0 spiro atoms. The first kappa shape index (κ1) is 43.6. The van der Waals surface area contributed by atoms with Crippen LogP contribution in [0.25, 0.3) is 0 Å². The van der Waals surface area contributed by atoms with Gasteiger partial charge < -0.3 is 28.9 Å². The first-order chi connectivity index (χ1) is 25.7. The van der Waals surface area contributed by atoms with Gasteiger partial charge in [0.2, 0.25) is 0 Å². The zero-order chi connectivity index (χ0) is 40.8. The Balaban J connectivity index is 0.000000199. The fourth-order valence-electron chi connectivity index (χ4n) is 5.35. The van der Waals surface area contributed by atoms with Crippen LogP contribution in [0.4, 0.5) is 14.9 Å². The predicted octanol–water partition coefficient (Wildman–Crippen LogP) is 6.21. The van der Waals surface area contributed by atoms with Gasteiger partial charge in [-0.3, -0.25) is 24.3 Å². The van der Waals surface area contributed by atoms with Crippen molar-refractivity contribution in [2.24, 2.45) is 0 Å². The van der Waals surface area contributed by atoms with Crippen molar-refractivity contribution in [2.45, 2.75) is 69.3 Å². The second kappa shape index (κ2) is 18.2. The van der Waals surface area contributed by atoms with Crippen molar-refractivity contribution < 1.29 is 65.4 Å². The lowest BCUT2D eigenvalue weighted by molar-refractivity contribution is -0.135. The van der Waals surface area contributed by atoms with E-state index in [-0.39, 0.29) is 49.7 Å². The lowest BCUT2D eigenvalue weighted by atomic mass is 10.0. The van der Waals surface area contributed by atoms with Gasteiger partial charge in [-0.05, 0) is 82.2 Å². The Bertz CT molecular complexity index is 2160. The van der Waals surface area contributed by atoms with Crippen LogP contribution in [0.15, 0.2) is 57.3 Å². The first-order valence-electron chi connectivity index (χ1n) is 16.5. The van der Waals surface area contributed by atoms with E-state index in [1.54, 1.807) is 13.8 Å². The molecule has 4 N–H and O–H groups in total. The molecule has 2 heterocycles. The molecule has 21 heteroatoms. The number of hydrogen-bond acceptors (Lipinski definition) is 12. The molecule has 3 fully saturated rings. The number of nitrogens with zero attached hydrogens (tertiary/aromatic N) is 2. The molecule has 298 valence electrons. The predicted molar refractivity (Wildman–Crippen MR) is 196 cm³/mol. The summed E-state index contributed by atoms with van der Waals surface area (Å²) >= 11 is 11.9. The van der Waals surface area contributed by atoms with Gasteiger partial charge in [-0.25, -0.2) is 22.5 Å². The Labute approximate surface area is 324 Å². The second-order valence-corrected chi connectivity index (χ2v) is 17.3. The normalized spacial score (nSPS) is 15.9. The van der Waals surface area contributed by atoms with Gasteiger partial charge in [-0.2, -0.15) is 0 Å². The van der Waals surface area contributed by atoms with E-state index in [9.17, 15) is 36.6 Å². The number of carbonyl (C=O) groups excluding carboxylic acids is 3. The highest BCUT2D eigenvalue weighted by molar-refractivity contribution is 7.90. The minimum absolute atomic E-state index is 0.00962. The molecule has 0 radical (unpaired) electrons. The molecule has 2 amide bonds. The monoisotopic (exact) mass is 847 g/mol. The summed E-state index contributed by atoms with van der Waals surface area (Å²) in [4.78, 5) is 63.7. The molecule has 0 unspecified atom stereocenters. The molecule has 1 aromatic heterocycles. The number of imide groups is 1. The summed E-state index contributed by atoms with van der Waals surface area (Å²) in [6.45, 7) is 2.83. The summed E-state index contributed by atoms with van der Waals surface area (Å²) in [6.07, 6.45) is 6.70. The summed E-state index contributed by atoms with van der Waals surface area (Å²) in [5, 5.41) is 14.1. The maximum Gasteiger partial charge on any atom is 0.427 e. The van der Waals surface area contributed by atoms with Crippen LogP contribution in [0.5, 0.6) is 5.75 Å². The highest BCUT2D eigenvalue weighted by Gasteiger charge is 2.40. The summed E-state index contributed by atoms with van der Waals surface area (Å²) in [6, 6.07) is 6.53. The third-order valence-electron chi connectivity index (χ3n) is 8.03. The number of aliphatic carboxylic acids is 1. The fourth-order valence-corrected chi connectivity index (χ4v) is 7.09. The van der Waals surface area contributed by atoms with E-state index in [0.29, 0.717) is 21.8 Å². The van der Waals surface area contributed by atoms with Crippen molar-refractivity contribution in [3.63, 3.8) is 0 Å². The largest absolute Gasteiger partial charge is 0.489 e. The van der Waals surface area contributed by atoms with Gasteiger partial charge in [0.05, 0.1) is 46.3 Å². The van der Waals surface area contributed by atoms with E-state index in [0.717, 1.165) is 50.8 Å². The van der Waals surface area contributed by atoms with Gasteiger partial charge in [0.15, 0.2) is 27.1 Å². The van der Waals surface area contributed by atoms with E-state index in [1.807, 2.05) is 0 Å². The maximum atomic E-state index is 14.3. The molecule has 2 saturated carbocycles. The molecule has 3 aliphatic rings. The molecule has 6 rings (SSSR count). The number of hydrogen-bond donors (Lipinski definition) is 4. The number of anilines is 1. The number of sulfone groups is 1. The smallest absolute Gasteiger partial charge is 0.427 e. The number of ketones is 1. The van der Waals surface area contributed by atoms with Gasteiger partial charge >= 0.3 is 25.6 Å². The lowest BCUT2D eigenvalue weighted by Gasteiger charge is -2.18. The zero-order valence-corrected chi connectivity index (χ0v) is 32.8. The van der Waals surface area contributed by atoms with Crippen LogP contribution >= 0.6 is 30.8 Å². The first-order valence-corrected chi connectivity index (χ1v) is 21.0. The summed E-state index contributed by atoms with van der Waals surface area (Å²) in [5.41, 5.74) is 0.725. The van der Waals surface area contributed by atoms with Gasteiger partial charge in [0.25, 0.3) is 0 Å². The number of allylic oxidation sites excluding steroid dienone is 1. The zero-order valence-electron chi connectivity index (χ0n) is 29.6. The van der Waals surface area contributed by atoms with Crippen LogP contribution in [0.1, 0.15) is 80.0 Å².